The summed E-state index contributed by atoms with van der Waals surface area (Å²) in [5.41, 5.74) is 1.24. The number of aliphatic hydroxyl groups excluding tert-OH is 1. The van der Waals surface area contributed by atoms with Crippen molar-refractivity contribution in [2.45, 2.75) is 32.2 Å². The Kier molecular flexibility index (Phi) is 3.38. The van der Waals surface area contributed by atoms with Gasteiger partial charge in [-0.15, -0.1) is 11.3 Å². The maximum absolute atomic E-state index is 8.89. The van der Waals surface area contributed by atoms with Gasteiger partial charge in [-0.1, -0.05) is 0 Å². The molecule has 2 rings (SSSR count). The molecule has 1 saturated heterocycles. The molecule has 0 bridgehead atoms. The first-order chi connectivity index (χ1) is 7.22. The number of likely N-dealkylation sites (tertiary alicyclic amines) is 1. The lowest BCUT2D eigenvalue weighted by Crippen LogP contribution is -2.18. The number of aryl methyl sites for hydroxylation is 1. The maximum Gasteiger partial charge on any atom is 0.0954 e. The normalized spacial score (nSPS) is 22.5. The Morgan fingerprint density at radius 3 is 3.00 bits per heavy atom. The van der Waals surface area contributed by atoms with E-state index in [9.17, 15) is 0 Å². The third kappa shape index (κ3) is 2.22. The Labute approximate surface area is 94.8 Å². The average molecular weight is 226 g/mol. The average Bonchev–Trinajstić information content (AvgIpc) is 2.73. The first-order valence-electron chi connectivity index (χ1n) is 5.49. The van der Waals surface area contributed by atoms with E-state index in [1.165, 1.54) is 30.0 Å². The van der Waals surface area contributed by atoms with E-state index in [0.29, 0.717) is 12.5 Å². The topological polar surface area (TPSA) is 36.4 Å². The highest BCUT2D eigenvalue weighted by Gasteiger charge is 2.26. The Balaban J connectivity index is 2.19. The van der Waals surface area contributed by atoms with Crippen molar-refractivity contribution >= 4 is 11.3 Å². The fourth-order valence-corrected chi connectivity index (χ4v) is 3.21. The SMILES string of the molecule is Cc1sc(CCO)nc1C1CCCN1C. The molecule has 1 fully saturated rings. The van der Waals surface area contributed by atoms with Gasteiger partial charge in [-0.25, -0.2) is 4.98 Å². The molecule has 0 aromatic carbocycles. The molecule has 1 aromatic rings. The van der Waals surface area contributed by atoms with Crippen molar-refractivity contribution in [3.05, 3.63) is 15.6 Å². The number of hydrogen-bond acceptors (Lipinski definition) is 4. The number of nitrogens with zero attached hydrogens (tertiary/aromatic N) is 2. The highest BCUT2D eigenvalue weighted by molar-refractivity contribution is 7.11. The summed E-state index contributed by atoms with van der Waals surface area (Å²) >= 11 is 1.73. The van der Waals surface area contributed by atoms with Gasteiger partial charge in [-0.3, -0.25) is 4.90 Å². The molecule has 0 aliphatic carbocycles. The van der Waals surface area contributed by atoms with Gasteiger partial charge in [0.2, 0.25) is 0 Å². The van der Waals surface area contributed by atoms with Crippen molar-refractivity contribution in [3.8, 4) is 0 Å². The standard InChI is InChI=1S/C11H18N2OS/c1-8-11(9-4-3-6-13(9)2)12-10(15-8)5-7-14/h9,14H,3-7H2,1-2H3. The Hall–Kier alpha value is -0.450. The van der Waals surface area contributed by atoms with Gasteiger partial charge in [-0.05, 0) is 33.4 Å². The Morgan fingerprint density at radius 2 is 2.40 bits per heavy atom. The van der Waals surface area contributed by atoms with E-state index in [4.69, 9.17) is 5.11 Å². The van der Waals surface area contributed by atoms with Crippen LogP contribution in [0, 0.1) is 6.92 Å². The summed E-state index contributed by atoms with van der Waals surface area (Å²) in [7, 11) is 2.17. The summed E-state index contributed by atoms with van der Waals surface area (Å²) in [5, 5.41) is 9.97. The number of aliphatic hydroxyl groups is 1. The van der Waals surface area contributed by atoms with Gasteiger partial charge in [0.05, 0.1) is 16.7 Å². The molecule has 84 valence electrons. The minimum Gasteiger partial charge on any atom is -0.396 e. The van der Waals surface area contributed by atoms with Gasteiger partial charge in [-0.2, -0.15) is 0 Å². The molecule has 1 N–H and O–H groups in total. The molecule has 1 unspecified atom stereocenters. The van der Waals surface area contributed by atoms with Crippen molar-refractivity contribution in [2.75, 3.05) is 20.2 Å². The van der Waals surface area contributed by atoms with Gasteiger partial charge >= 0.3 is 0 Å². The fraction of sp³-hybridized carbons (Fsp3) is 0.727. The van der Waals surface area contributed by atoms with E-state index in [2.05, 4.69) is 23.9 Å². The number of rotatable bonds is 3. The van der Waals surface area contributed by atoms with Crippen molar-refractivity contribution in [3.63, 3.8) is 0 Å². The molecule has 15 heavy (non-hydrogen) atoms. The quantitative estimate of drug-likeness (QED) is 0.853. The molecule has 0 saturated carbocycles. The highest BCUT2D eigenvalue weighted by atomic mass is 32.1. The van der Waals surface area contributed by atoms with E-state index in [0.717, 1.165) is 5.01 Å². The third-order valence-corrected chi connectivity index (χ3v) is 4.08. The molecule has 2 heterocycles. The predicted molar refractivity (Wildman–Crippen MR) is 62.2 cm³/mol. The van der Waals surface area contributed by atoms with E-state index in [1.54, 1.807) is 11.3 Å². The van der Waals surface area contributed by atoms with Crippen LogP contribution in [0.1, 0.15) is 34.5 Å². The molecule has 0 radical (unpaired) electrons. The molecule has 1 aliphatic heterocycles. The van der Waals surface area contributed by atoms with Crippen LogP contribution in [0.4, 0.5) is 0 Å². The lowest BCUT2D eigenvalue weighted by molar-refractivity contribution is 0.297. The summed E-state index contributed by atoms with van der Waals surface area (Å²) in [6.07, 6.45) is 3.19. The van der Waals surface area contributed by atoms with Crippen LogP contribution in [-0.4, -0.2) is 35.2 Å². The molecular formula is C11H18N2OS. The number of aromatic nitrogens is 1. The van der Waals surface area contributed by atoms with Gasteiger partial charge in [0.15, 0.2) is 0 Å². The molecule has 0 amide bonds. The van der Waals surface area contributed by atoms with Crippen LogP contribution in [0.25, 0.3) is 0 Å². The molecule has 1 atom stereocenters. The minimum absolute atomic E-state index is 0.201. The zero-order valence-electron chi connectivity index (χ0n) is 9.36. The van der Waals surface area contributed by atoms with Crippen molar-refractivity contribution in [2.24, 2.45) is 0 Å². The van der Waals surface area contributed by atoms with Crippen molar-refractivity contribution < 1.29 is 5.11 Å². The number of thiazole rings is 1. The lowest BCUT2D eigenvalue weighted by atomic mass is 10.1. The zero-order valence-corrected chi connectivity index (χ0v) is 10.2. The zero-order chi connectivity index (χ0) is 10.8. The Bertz CT molecular complexity index is 337. The molecular weight excluding hydrogens is 208 g/mol. The monoisotopic (exact) mass is 226 g/mol. The largest absolute Gasteiger partial charge is 0.396 e. The summed E-state index contributed by atoms with van der Waals surface area (Å²) < 4.78 is 0. The molecule has 3 nitrogen and oxygen atoms in total. The first-order valence-corrected chi connectivity index (χ1v) is 6.31. The molecule has 0 spiro atoms. The second kappa shape index (κ2) is 4.60. The first kappa shape index (κ1) is 11.0. The molecule has 4 heteroatoms. The smallest absolute Gasteiger partial charge is 0.0954 e. The summed E-state index contributed by atoms with van der Waals surface area (Å²) in [6, 6.07) is 0.508. The van der Waals surface area contributed by atoms with Gasteiger partial charge in [0, 0.05) is 17.9 Å². The van der Waals surface area contributed by atoms with E-state index in [-0.39, 0.29) is 6.61 Å². The van der Waals surface area contributed by atoms with Crippen LogP contribution in [0.15, 0.2) is 0 Å². The predicted octanol–water partition coefficient (Wildman–Crippen LogP) is 1.75. The van der Waals surface area contributed by atoms with Crippen LogP contribution in [0.3, 0.4) is 0 Å². The number of hydrogen-bond donors (Lipinski definition) is 1. The summed E-state index contributed by atoms with van der Waals surface area (Å²) in [4.78, 5) is 8.35. The van der Waals surface area contributed by atoms with Gasteiger partial charge in [0.25, 0.3) is 0 Å². The van der Waals surface area contributed by atoms with E-state index < -0.39 is 0 Å². The van der Waals surface area contributed by atoms with Gasteiger partial charge < -0.3 is 5.11 Å². The minimum atomic E-state index is 0.201. The second-order valence-electron chi connectivity index (χ2n) is 4.16. The van der Waals surface area contributed by atoms with Crippen LogP contribution >= 0.6 is 11.3 Å². The Morgan fingerprint density at radius 1 is 1.60 bits per heavy atom. The van der Waals surface area contributed by atoms with Crippen LogP contribution in [-0.2, 0) is 6.42 Å². The highest BCUT2D eigenvalue weighted by Crippen LogP contribution is 2.33. The molecule has 1 aliphatic rings. The van der Waals surface area contributed by atoms with Gasteiger partial charge in [0.1, 0.15) is 0 Å². The molecule has 1 aromatic heterocycles. The lowest BCUT2D eigenvalue weighted by Gasteiger charge is -2.17. The third-order valence-electron chi connectivity index (χ3n) is 3.04. The summed E-state index contributed by atoms with van der Waals surface area (Å²) in [6.45, 7) is 3.52. The van der Waals surface area contributed by atoms with Crippen LogP contribution in [0.5, 0.6) is 0 Å². The van der Waals surface area contributed by atoms with Crippen LogP contribution in [0.2, 0.25) is 0 Å². The van der Waals surface area contributed by atoms with Crippen LogP contribution < -0.4 is 0 Å². The summed E-state index contributed by atoms with van der Waals surface area (Å²) in [5.74, 6) is 0. The second-order valence-corrected chi connectivity index (χ2v) is 5.45. The van der Waals surface area contributed by atoms with E-state index >= 15 is 0 Å². The van der Waals surface area contributed by atoms with Crippen molar-refractivity contribution in [1.82, 2.24) is 9.88 Å². The van der Waals surface area contributed by atoms with E-state index in [1.807, 2.05) is 0 Å². The fourth-order valence-electron chi connectivity index (χ4n) is 2.23. The van der Waals surface area contributed by atoms with Crippen molar-refractivity contribution in [1.29, 1.82) is 0 Å². The maximum atomic E-state index is 8.89.